The summed E-state index contributed by atoms with van der Waals surface area (Å²) in [6.07, 6.45) is 0. The van der Waals surface area contributed by atoms with Crippen LogP contribution in [-0.2, 0) is 0 Å². The van der Waals surface area contributed by atoms with E-state index in [0.717, 1.165) is 5.69 Å². The number of aromatic nitrogens is 1. The van der Waals surface area contributed by atoms with E-state index in [1.54, 1.807) is 13.8 Å². The summed E-state index contributed by atoms with van der Waals surface area (Å²) in [5.41, 5.74) is 3.50. The van der Waals surface area contributed by atoms with E-state index in [9.17, 15) is 4.79 Å². The van der Waals surface area contributed by atoms with Crippen molar-refractivity contribution in [2.45, 2.75) is 26.8 Å². The SMILES string of the molecule is Cc1nc(C)c(C(=O)Nc2ccc(N[C@H](C)c3ccccc3)cc2)o1. The molecule has 0 spiro atoms. The topological polar surface area (TPSA) is 67.2 Å². The molecule has 0 aliphatic heterocycles. The molecule has 3 rings (SSSR count). The van der Waals surface area contributed by atoms with Gasteiger partial charge in [0.1, 0.15) is 0 Å². The number of benzene rings is 2. The van der Waals surface area contributed by atoms with E-state index >= 15 is 0 Å². The fraction of sp³-hybridized carbons (Fsp3) is 0.200. The molecule has 0 bridgehead atoms. The molecule has 0 radical (unpaired) electrons. The second-order valence-electron chi connectivity index (χ2n) is 5.96. The Bertz CT molecular complexity index is 854. The van der Waals surface area contributed by atoms with E-state index in [1.165, 1.54) is 5.56 Å². The number of hydrogen-bond acceptors (Lipinski definition) is 4. The van der Waals surface area contributed by atoms with Gasteiger partial charge in [0, 0.05) is 24.3 Å². The maximum Gasteiger partial charge on any atom is 0.293 e. The number of carbonyl (C=O) groups excluding carboxylic acids is 1. The molecule has 5 heteroatoms. The molecule has 1 aromatic heterocycles. The highest BCUT2D eigenvalue weighted by Crippen LogP contribution is 2.21. The highest BCUT2D eigenvalue weighted by atomic mass is 16.4. The van der Waals surface area contributed by atoms with Gasteiger partial charge < -0.3 is 15.1 Å². The summed E-state index contributed by atoms with van der Waals surface area (Å²) in [5, 5.41) is 6.27. The molecule has 0 aliphatic rings. The molecule has 1 atom stereocenters. The lowest BCUT2D eigenvalue weighted by Crippen LogP contribution is -2.12. The monoisotopic (exact) mass is 335 g/mol. The average molecular weight is 335 g/mol. The van der Waals surface area contributed by atoms with Gasteiger partial charge in [0.15, 0.2) is 5.89 Å². The Hall–Kier alpha value is -3.08. The van der Waals surface area contributed by atoms with Crippen LogP contribution in [0.2, 0.25) is 0 Å². The normalized spacial score (nSPS) is 11.8. The molecule has 5 nitrogen and oxygen atoms in total. The molecule has 0 fully saturated rings. The van der Waals surface area contributed by atoms with Crippen molar-refractivity contribution in [3.63, 3.8) is 0 Å². The van der Waals surface area contributed by atoms with Gasteiger partial charge in [0.05, 0.1) is 5.69 Å². The number of anilines is 2. The van der Waals surface area contributed by atoms with Gasteiger partial charge in [-0.3, -0.25) is 4.79 Å². The third-order valence-electron chi connectivity index (χ3n) is 3.94. The lowest BCUT2D eigenvalue weighted by Gasteiger charge is -2.16. The van der Waals surface area contributed by atoms with E-state index < -0.39 is 0 Å². The molecule has 1 amide bonds. The van der Waals surface area contributed by atoms with Crippen molar-refractivity contribution in [2.75, 3.05) is 10.6 Å². The predicted octanol–water partition coefficient (Wildman–Crippen LogP) is 4.72. The summed E-state index contributed by atoms with van der Waals surface area (Å²) >= 11 is 0. The number of hydrogen-bond donors (Lipinski definition) is 2. The molecule has 128 valence electrons. The van der Waals surface area contributed by atoms with Crippen molar-refractivity contribution in [1.29, 1.82) is 0 Å². The lowest BCUT2D eigenvalue weighted by atomic mass is 10.1. The molecule has 2 N–H and O–H groups in total. The number of aryl methyl sites for hydroxylation is 2. The highest BCUT2D eigenvalue weighted by Gasteiger charge is 2.16. The molecular formula is C20H21N3O2. The van der Waals surface area contributed by atoms with E-state index in [4.69, 9.17) is 4.42 Å². The van der Waals surface area contributed by atoms with Crippen LogP contribution < -0.4 is 10.6 Å². The minimum atomic E-state index is -0.295. The number of amides is 1. The van der Waals surface area contributed by atoms with Crippen LogP contribution in [-0.4, -0.2) is 10.9 Å². The van der Waals surface area contributed by atoms with Gasteiger partial charge >= 0.3 is 0 Å². The first-order valence-corrected chi connectivity index (χ1v) is 8.20. The fourth-order valence-corrected chi connectivity index (χ4v) is 2.65. The minimum absolute atomic E-state index is 0.196. The summed E-state index contributed by atoms with van der Waals surface area (Å²) in [6, 6.07) is 18.0. The molecule has 25 heavy (non-hydrogen) atoms. The maximum atomic E-state index is 12.2. The molecule has 1 heterocycles. The first-order chi connectivity index (χ1) is 12.0. The van der Waals surface area contributed by atoms with Crippen molar-refractivity contribution >= 4 is 17.3 Å². The van der Waals surface area contributed by atoms with Crippen molar-refractivity contribution in [1.82, 2.24) is 4.98 Å². The van der Waals surface area contributed by atoms with Gasteiger partial charge in [0.25, 0.3) is 5.91 Å². The van der Waals surface area contributed by atoms with Crippen LogP contribution in [0.3, 0.4) is 0 Å². The van der Waals surface area contributed by atoms with Crippen LogP contribution in [0, 0.1) is 13.8 Å². The largest absolute Gasteiger partial charge is 0.436 e. The number of nitrogens with one attached hydrogen (secondary N) is 2. The van der Waals surface area contributed by atoms with Crippen LogP contribution in [0.1, 0.15) is 40.7 Å². The van der Waals surface area contributed by atoms with Crippen LogP contribution in [0.25, 0.3) is 0 Å². The Morgan fingerprint density at radius 3 is 2.24 bits per heavy atom. The van der Waals surface area contributed by atoms with Gasteiger partial charge in [-0.15, -0.1) is 0 Å². The maximum absolute atomic E-state index is 12.2. The van der Waals surface area contributed by atoms with Crippen LogP contribution in [0.5, 0.6) is 0 Å². The summed E-state index contributed by atoms with van der Waals surface area (Å²) in [4.78, 5) is 16.3. The fourth-order valence-electron chi connectivity index (χ4n) is 2.65. The van der Waals surface area contributed by atoms with Crippen molar-refractivity contribution < 1.29 is 9.21 Å². The van der Waals surface area contributed by atoms with Gasteiger partial charge in [-0.25, -0.2) is 4.98 Å². The van der Waals surface area contributed by atoms with Crippen LogP contribution in [0.15, 0.2) is 59.0 Å². The summed E-state index contributed by atoms with van der Waals surface area (Å²) in [7, 11) is 0. The smallest absolute Gasteiger partial charge is 0.293 e. The van der Waals surface area contributed by atoms with Crippen LogP contribution >= 0.6 is 0 Å². The highest BCUT2D eigenvalue weighted by molar-refractivity contribution is 6.03. The molecule has 0 unspecified atom stereocenters. The zero-order valence-corrected chi connectivity index (χ0v) is 14.5. The summed E-state index contributed by atoms with van der Waals surface area (Å²) in [5.74, 6) is 0.436. The van der Waals surface area contributed by atoms with Crippen LogP contribution in [0.4, 0.5) is 11.4 Å². The number of carbonyl (C=O) groups is 1. The van der Waals surface area contributed by atoms with Crippen molar-refractivity contribution in [2.24, 2.45) is 0 Å². The summed E-state index contributed by atoms with van der Waals surface area (Å²) in [6.45, 7) is 5.58. The number of rotatable bonds is 5. The average Bonchev–Trinajstić information content (AvgIpc) is 2.96. The first-order valence-electron chi connectivity index (χ1n) is 8.20. The second kappa shape index (κ2) is 7.21. The predicted molar refractivity (Wildman–Crippen MR) is 98.9 cm³/mol. The number of nitrogens with zero attached hydrogens (tertiary/aromatic N) is 1. The molecule has 2 aromatic carbocycles. The van der Waals surface area contributed by atoms with E-state index in [2.05, 4.69) is 34.7 Å². The molecule has 3 aromatic rings. The Morgan fingerprint density at radius 2 is 1.64 bits per heavy atom. The zero-order chi connectivity index (χ0) is 17.8. The van der Waals surface area contributed by atoms with Crippen molar-refractivity contribution in [3.8, 4) is 0 Å². The quantitative estimate of drug-likeness (QED) is 0.708. The van der Waals surface area contributed by atoms with Crippen molar-refractivity contribution in [3.05, 3.63) is 77.5 Å². The third-order valence-corrected chi connectivity index (χ3v) is 3.94. The Labute approximate surface area is 147 Å². The van der Waals surface area contributed by atoms with Gasteiger partial charge in [0.2, 0.25) is 5.76 Å². The minimum Gasteiger partial charge on any atom is -0.436 e. The molecule has 0 saturated carbocycles. The Balaban J connectivity index is 1.64. The van der Waals surface area contributed by atoms with Gasteiger partial charge in [-0.1, -0.05) is 30.3 Å². The van der Waals surface area contributed by atoms with Gasteiger partial charge in [-0.05, 0) is 43.7 Å². The van der Waals surface area contributed by atoms with E-state index in [0.29, 0.717) is 17.3 Å². The zero-order valence-electron chi connectivity index (χ0n) is 14.5. The second-order valence-corrected chi connectivity index (χ2v) is 5.96. The molecule has 0 aliphatic carbocycles. The van der Waals surface area contributed by atoms with Gasteiger partial charge in [-0.2, -0.15) is 0 Å². The molecular weight excluding hydrogens is 314 g/mol. The Kier molecular flexibility index (Phi) is 4.84. The van der Waals surface area contributed by atoms with E-state index in [-0.39, 0.29) is 17.7 Å². The lowest BCUT2D eigenvalue weighted by molar-refractivity contribution is 0.0994. The first kappa shape index (κ1) is 16.8. The van der Waals surface area contributed by atoms with E-state index in [1.807, 2.05) is 42.5 Å². The number of oxazole rings is 1. The standard InChI is InChI=1S/C20H21N3O2/c1-13(16-7-5-4-6-8-16)22-17-9-11-18(12-10-17)23-20(24)19-14(2)21-15(3)25-19/h4-13,22H,1-3H3,(H,23,24)/t13-/m1/s1. The summed E-state index contributed by atoms with van der Waals surface area (Å²) < 4.78 is 5.34. The Morgan fingerprint density at radius 1 is 1.00 bits per heavy atom. The third kappa shape index (κ3) is 4.07. The molecule has 0 saturated heterocycles.